The van der Waals surface area contributed by atoms with Gasteiger partial charge in [0.15, 0.2) is 0 Å². The summed E-state index contributed by atoms with van der Waals surface area (Å²) >= 11 is 1.26. The van der Waals surface area contributed by atoms with Gasteiger partial charge >= 0.3 is 0 Å². The first-order valence-corrected chi connectivity index (χ1v) is 12.3. The SMILES string of the molecule is COc1ccc(C(CNC(=O)CSc2nnc(-c3ccccc3C)o2)N2CCCCC2)cc1. The average Bonchev–Trinajstić information content (AvgIpc) is 3.33. The highest BCUT2D eigenvalue weighted by Gasteiger charge is 2.23. The van der Waals surface area contributed by atoms with Crippen LogP contribution in [0.1, 0.15) is 36.4 Å². The Labute approximate surface area is 198 Å². The molecule has 0 bridgehead atoms. The van der Waals surface area contributed by atoms with E-state index in [2.05, 4.69) is 32.5 Å². The minimum atomic E-state index is -0.0498. The zero-order valence-corrected chi connectivity index (χ0v) is 19.9. The van der Waals surface area contributed by atoms with Crippen molar-refractivity contribution in [3.63, 3.8) is 0 Å². The number of nitrogens with one attached hydrogen (secondary N) is 1. The van der Waals surface area contributed by atoms with Gasteiger partial charge in [0, 0.05) is 12.1 Å². The van der Waals surface area contributed by atoms with Crippen LogP contribution in [0.15, 0.2) is 58.2 Å². The van der Waals surface area contributed by atoms with Gasteiger partial charge in [-0.05, 0) is 62.2 Å². The van der Waals surface area contributed by atoms with Crippen LogP contribution in [0.2, 0.25) is 0 Å². The predicted molar refractivity (Wildman–Crippen MR) is 129 cm³/mol. The standard InChI is InChI=1S/C25H30N4O3S/c1-18-8-4-5-9-21(18)24-27-28-25(32-24)33-17-23(30)26-16-22(29-14-6-3-7-15-29)19-10-12-20(31-2)13-11-19/h4-5,8-13,22H,3,6-7,14-17H2,1-2H3,(H,26,30). The van der Waals surface area contributed by atoms with Gasteiger partial charge in [-0.2, -0.15) is 0 Å². The minimum Gasteiger partial charge on any atom is -0.497 e. The number of amides is 1. The first-order valence-electron chi connectivity index (χ1n) is 11.3. The fourth-order valence-electron chi connectivity index (χ4n) is 4.09. The van der Waals surface area contributed by atoms with Crippen LogP contribution in [0.5, 0.6) is 5.75 Å². The molecule has 0 saturated carbocycles. The van der Waals surface area contributed by atoms with Crippen molar-refractivity contribution in [3.8, 4) is 17.2 Å². The molecule has 3 aromatic rings. The number of ether oxygens (including phenoxy) is 1. The number of benzene rings is 2. The van der Waals surface area contributed by atoms with E-state index in [1.807, 2.05) is 43.3 Å². The quantitative estimate of drug-likeness (QED) is 0.466. The van der Waals surface area contributed by atoms with Crippen LogP contribution in [0.4, 0.5) is 0 Å². The highest BCUT2D eigenvalue weighted by molar-refractivity contribution is 7.99. The van der Waals surface area contributed by atoms with Crippen LogP contribution in [0.3, 0.4) is 0 Å². The molecule has 4 rings (SSSR count). The summed E-state index contributed by atoms with van der Waals surface area (Å²) in [4.78, 5) is 15.1. The number of aryl methyl sites for hydroxylation is 1. The largest absolute Gasteiger partial charge is 0.497 e. The summed E-state index contributed by atoms with van der Waals surface area (Å²) in [5, 5.41) is 11.7. The molecule has 2 aromatic carbocycles. The molecule has 1 unspecified atom stereocenters. The first kappa shape index (κ1) is 23.3. The van der Waals surface area contributed by atoms with Crippen molar-refractivity contribution >= 4 is 17.7 Å². The number of piperidine rings is 1. The van der Waals surface area contributed by atoms with Crippen LogP contribution < -0.4 is 10.1 Å². The third kappa shape index (κ3) is 6.15. The molecule has 0 aliphatic carbocycles. The lowest BCUT2D eigenvalue weighted by Crippen LogP contribution is -2.41. The maximum absolute atomic E-state index is 12.6. The molecule has 8 heteroatoms. The summed E-state index contributed by atoms with van der Waals surface area (Å²) in [6.45, 7) is 4.65. The van der Waals surface area contributed by atoms with Crippen molar-refractivity contribution in [2.24, 2.45) is 0 Å². The number of methoxy groups -OCH3 is 1. The number of nitrogens with zero attached hydrogens (tertiary/aromatic N) is 3. The normalized spacial score (nSPS) is 15.2. The lowest BCUT2D eigenvalue weighted by Gasteiger charge is -2.35. The van der Waals surface area contributed by atoms with Gasteiger partial charge in [0.05, 0.1) is 18.9 Å². The number of thioether (sulfide) groups is 1. The highest BCUT2D eigenvalue weighted by atomic mass is 32.2. The molecule has 1 fully saturated rings. The Balaban J connectivity index is 1.34. The molecule has 2 heterocycles. The van der Waals surface area contributed by atoms with E-state index in [4.69, 9.17) is 9.15 Å². The number of hydrogen-bond acceptors (Lipinski definition) is 7. The summed E-state index contributed by atoms with van der Waals surface area (Å²) in [5.41, 5.74) is 3.16. The maximum Gasteiger partial charge on any atom is 0.277 e. The van der Waals surface area contributed by atoms with Crippen LogP contribution in [0, 0.1) is 6.92 Å². The van der Waals surface area contributed by atoms with E-state index in [0.29, 0.717) is 17.7 Å². The van der Waals surface area contributed by atoms with Gasteiger partial charge in [-0.25, -0.2) is 0 Å². The Bertz CT molecular complexity index is 1050. The predicted octanol–water partition coefficient (Wildman–Crippen LogP) is 4.49. The minimum absolute atomic E-state index is 0.0498. The Morgan fingerprint density at radius 3 is 2.61 bits per heavy atom. The van der Waals surface area contributed by atoms with Gasteiger partial charge in [0.25, 0.3) is 5.22 Å². The molecule has 1 atom stereocenters. The number of hydrogen-bond donors (Lipinski definition) is 1. The molecule has 1 aromatic heterocycles. The Kier molecular flexibility index (Phi) is 8.01. The van der Waals surface area contributed by atoms with E-state index in [1.165, 1.54) is 36.6 Å². The summed E-state index contributed by atoms with van der Waals surface area (Å²) < 4.78 is 11.1. The number of likely N-dealkylation sites (tertiary alicyclic amines) is 1. The lowest BCUT2D eigenvalue weighted by molar-refractivity contribution is -0.118. The number of carbonyl (C=O) groups is 1. The molecule has 1 aliphatic rings. The molecule has 1 aliphatic heterocycles. The van der Waals surface area contributed by atoms with Crippen LogP contribution >= 0.6 is 11.8 Å². The van der Waals surface area contributed by atoms with Crippen molar-refractivity contribution in [1.82, 2.24) is 20.4 Å². The summed E-state index contributed by atoms with van der Waals surface area (Å²) in [5.74, 6) is 1.48. The highest BCUT2D eigenvalue weighted by Crippen LogP contribution is 2.27. The number of aromatic nitrogens is 2. The van der Waals surface area contributed by atoms with Crippen LogP contribution in [-0.4, -0.2) is 53.5 Å². The molecule has 33 heavy (non-hydrogen) atoms. The van der Waals surface area contributed by atoms with Crippen LogP contribution in [0.25, 0.3) is 11.5 Å². The average molecular weight is 467 g/mol. The third-order valence-electron chi connectivity index (χ3n) is 5.93. The van der Waals surface area contributed by atoms with Gasteiger partial charge in [-0.15, -0.1) is 10.2 Å². The van der Waals surface area contributed by atoms with E-state index in [9.17, 15) is 4.79 Å². The molecule has 174 valence electrons. The molecule has 1 saturated heterocycles. The van der Waals surface area contributed by atoms with Gasteiger partial charge in [-0.1, -0.05) is 48.5 Å². The Morgan fingerprint density at radius 2 is 1.88 bits per heavy atom. The van der Waals surface area contributed by atoms with Crippen molar-refractivity contribution in [2.45, 2.75) is 37.5 Å². The first-order chi connectivity index (χ1) is 16.1. The zero-order valence-electron chi connectivity index (χ0n) is 19.1. The topological polar surface area (TPSA) is 80.5 Å². The molecule has 0 radical (unpaired) electrons. The van der Waals surface area contributed by atoms with Crippen LogP contribution in [-0.2, 0) is 4.79 Å². The van der Waals surface area contributed by atoms with E-state index in [0.717, 1.165) is 30.0 Å². The van der Waals surface area contributed by atoms with E-state index in [-0.39, 0.29) is 17.7 Å². The van der Waals surface area contributed by atoms with E-state index in [1.54, 1.807) is 7.11 Å². The number of carbonyl (C=O) groups excluding carboxylic acids is 1. The summed E-state index contributed by atoms with van der Waals surface area (Å²) in [6.07, 6.45) is 3.65. The van der Waals surface area contributed by atoms with E-state index < -0.39 is 0 Å². The Morgan fingerprint density at radius 1 is 1.12 bits per heavy atom. The van der Waals surface area contributed by atoms with Crippen molar-refractivity contribution in [1.29, 1.82) is 0 Å². The maximum atomic E-state index is 12.6. The van der Waals surface area contributed by atoms with Crippen molar-refractivity contribution < 1.29 is 13.9 Å². The third-order valence-corrected chi connectivity index (χ3v) is 6.75. The smallest absolute Gasteiger partial charge is 0.277 e. The lowest BCUT2D eigenvalue weighted by atomic mass is 10.0. The van der Waals surface area contributed by atoms with E-state index >= 15 is 0 Å². The molecule has 7 nitrogen and oxygen atoms in total. The second-order valence-corrected chi connectivity index (χ2v) is 9.09. The Hall–Kier alpha value is -2.84. The fourth-order valence-corrected chi connectivity index (χ4v) is 4.69. The van der Waals surface area contributed by atoms with Crippen molar-refractivity contribution in [3.05, 3.63) is 59.7 Å². The molecule has 1 amide bonds. The van der Waals surface area contributed by atoms with Gasteiger partial charge in [0.1, 0.15) is 5.75 Å². The number of rotatable bonds is 9. The molecular weight excluding hydrogens is 436 g/mol. The van der Waals surface area contributed by atoms with Gasteiger partial charge < -0.3 is 14.5 Å². The molecule has 1 N–H and O–H groups in total. The zero-order chi connectivity index (χ0) is 23.0. The van der Waals surface area contributed by atoms with Gasteiger partial charge in [-0.3, -0.25) is 9.69 Å². The summed E-state index contributed by atoms with van der Waals surface area (Å²) in [6, 6.07) is 16.1. The fraction of sp³-hybridized carbons (Fsp3) is 0.400. The summed E-state index contributed by atoms with van der Waals surface area (Å²) in [7, 11) is 1.67. The van der Waals surface area contributed by atoms with Crippen molar-refractivity contribution in [2.75, 3.05) is 32.5 Å². The second kappa shape index (κ2) is 11.3. The molecular formula is C25H30N4O3S. The second-order valence-electron chi connectivity index (χ2n) is 8.17. The molecule has 0 spiro atoms. The van der Waals surface area contributed by atoms with Gasteiger partial charge in [0.2, 0.25) is 11.8 Å². The monoisotopic (exact) mass is 466 g/mol.